The summed E-state index contributed by atoms with van der Waals surface area (Å²) in [7, 11) is 2.02. The minimum atomic E-state index is -4.54. The van der Waals surface area contributed by atoms with E-state index < -0.39 is 18.9 Å². The van der Waals surface area contributed by atoms with E-state index in [1.54, 1.807) is 6.07 Å². The number of halogens is 4. The first-order valence-corrected chi connectivity index (χ1v) is 13.2. The van der Waals surface area contributed by atoms with Gasteiger partial charge in [0.2, 0.25) is 0 Å². The van der Waals surface area contributed by atoms with Gasteiger partial charge in [-0.1, -0.05) is 12.7 Å². The number of carboxylic acid groups (broad SMARTS) is 1. The topological polar surface area (TPSA) is 91.3 Å². The second-order valence-electron chi connectivity index (χ2n) is 10.3. The fourth-order valence-electron chi connectivity index (χ4n) is 5.57. The number of fused-ring (bicyclic) bond motifs is 1. The van der Waals surface area contributed by atoms with E-state index in [4.69, 9.17) is 14.5 Å². The Kier molecular flexibility index (Phi) is 7.10. The molecule has 13 heteroatoms. The zero-order chi connectivity index (χ0) is 27.2. The lowest BCUT2D eigenvalue weighted by Gasteiger charge is -2.46. The van der Waals surface area contributed by atoms with Gasteiger partial charge in [0.1, 0.15) is 17.9 Å². The molecule has 1 amide bonds. The van der Waals surface area contributed by atoms with Crippen LogP contribution < -0.4 is 14.4 Å². The Labute approximate surface area is 226 Å². The Bertz CT molecular complexity index is 1250. The second-order valence-corrected chi connectivity index (χ2v) is 11.1. The van der Waals surface area contributed by atoms with Crippen LogP contribution in [0.25, 0.3) is 17.0 Å². The molecule has 1 atom stereocenters. The number of likely N-dealkylation sites (N-methyl/N-ethyl adjacent to an activating group) is 1. The molecule has 3 fully saturated rings. The SMILES string of the molecule is C=Cc1cc2c(N3CCC4(CN(C(=O)O)C4)C3)nc(OC[C@@H]3CCCN3C)nc2c(OCC(F)(F)F)c1Br. The molecule has 0 saturated carbocycles. The fraction of sp³-hybridized carbons (Fsp3) is 0.560. The van der Waals surface area contributed by atoms with Crippen LogP contribution >= 0.6 is 15.9 Å². The molecule has 38 heavy (non-hydrogen) atoms. The Morgan fingerprint density at radius 3 is 2.68 bits per heavy atom. The number of carbonyl (C=O) groups is 1. The molecule has 5 rings (SSSR count). The molecule has 0 radical (unpaired) electrons. The second kappa shape index (κ2) is 10.1. The first kappa shape index (κ1) is 26.8. The molecule has 0 bridgehead atoms. The zero-order valence-electron chi connectivity index (χ0n) is 20.9. The number of anilines is 1. The molecule has 2 aromatic rings. The maximum atomic E-state index is 13.1. The van der Waals surface area contributed by atoms with Crippen LogP contribution in [0.3, 0.4) is 0 Å². The molecule has 1 aromatic heterocycles. The van der Waals surface area contributed by atoms with Gasteiger partial charge >= 0.3 is 18.3 Å². The molecule has 4 heterocycles. The minimum Gasteiger partial charge on any atom is -0.481 e. The van der Waals surface area contributed by atoms with E-state index in [1.807, 2.05) is 11.9 Å². The van der Waals surface area contributed by atoms with Crippen LogP contribution in [0.5, 0.6) is 11.8 Å². The van der Waals surface area contributed by atoms with Gasteiger partial charge in [-0.15, -0.1) is 0 Å². The van der Waals surface area contributed by atoms with Crippen molar-refractivity contribution in [2.24, 2.45) is 5.41 Å². The summed E-state index contributed by atoms with van der Waals surface area (Å²) >= 11 is 3.38. The number of benzene rings is 1. The standard InChI is InChI=1S/C25H29BrF3N5O4/c1-3-15-9-17-19(20(18(15)26)38-14-25(27,28)29)30-22(37-10-16-5-4-7-32(16)2)31-21(17)33-8-6-24(11-33)12-34(13-24)23(35)36/h3,9,16H,1,4-8,10-14H2,2H3,(H,35,36)/t16-/m0/s1. The highest BCUT2D eigenvalue weighted by Crippen LogP contribution is 2.45. The molecule has 0 aliphatic carbocycles. The van der Waals surface area contributed by atoms with E-state index in [-0.39, 0.29) is 28.7 Å². The molecular weight excluding hydrogens is 571 g/mol. The first-order valence-electron chi connectivity index (χ1n) is 12.4. The van der Waals surface area contributed by atoms with Crippen molar-refractivity contribution in [3.8, 4) is 11.8 Å². The van der Waals surface area contributed by atoms with E-state index in [0.717, 1.165) is 25.8 Å². The Morgan fingerprint density at radius 2 is 2.05 bits per heavy atom. The van der Waals surface area contributed by atoms with Crippen LogP contribution in [-0.4, -0.2) is 96.2 Å². The van der Waals surface area contributed by atoms with Crippen LogP contribution in [-0.2, 0) is 0 Å². The summed E-state index contributed by atoms with van der Waals surface area (Å²) < 4.78 is 51.0. The molecule has 3 saturated heterocycles. The Morgan fingerprint density at radius 1 is 1.29 bits per heavy atom. The highest BCUT2D eigenvalue weighted by molar-refractivity contribution is 9.10. The van der Waals surface area contributed by atoms with Crippen molar-refractivity contribution in [3.63, 3.8) is 0 Å². The highest BCUT2D eigenvalue weighted by Gasteiger charge is 2.50. The Balaban J connectivity index is 1.55. The number of alkyl halides is 3. The third kappa shape index (κ3) is 5.22. The number of likely N-dealkylation sites (tertiary alicyclic amines) is 2. The third-order valence-electron chi connectivity index (χ3n) is 7.61. The number of amides is 1. The summed E-state index contributed by atoms with van der Waals surface area (Å²) in [6, 6.07) is 2.02. The molecular formula is C25H29BrF3N5O4. The number of rotatable bonds is 7. The number of nitrogens with zero attached hydrogens (tertiary/aromatic N) is 5. The number of hydrogen-bond acceptors (Lipinski definition) is 7. The third-order valence-corrected chi connectivity index (χ3v) is 8.43. The van der Waals surface area contributed by atoms with Gasteiger partial charge in [-0.3, -0.25) is 0 Å². The van der Waals surface area contributed by atoms with E-state index in [0.29, 0.717) is 54.0 Å². The van der Waals surface area contributed by atoms with Crippen LogP contribution in [0.1, 0.15) is 24.8 Å². The average molecular weight is 600 g/mol. The fourth-order valence-corrected chi connectivity index (χ4v) is 6.15. The maximum Gasteiger partial charge on any atom is 0.422 e. The predicted molar refractivity (Wildman–Crippen MR) is 139 cm³/mol. The van der Waals surface area contributed by atoms with Gasteiger partial charge in [-0.2, -0.15) is 23.1 Å². The normalized spacial score (nSPS) is 21.2. The van der Waals surface area contributed by atoms with Gasteiger partial charge in [0.25, 0.3) is 0 Å². The monoisotopic (exact) mass is 599 g/mol. The maximum absolute atomic E-state index is 13.1. The van der Waals surface area contributed by atoms with Crippen LogP contribution in [0.15, 0.2) is 17.1 Å². The molecule has 0 unspecified atom stereocenters. The van der Waals surface area contributed by atoms with Crippen molar-refractivity contribution in [1.82, 2.24) is 19.8 Å². The van der Waals surface area contributed by atoms with Crippen molar-refractivity contribution >= 4 is 44.8 Å². The number of ether oxygens (including phenoxy) is 2. The summed E-state index contributed by atoms with van der Waals surface area (Å²) in [6.07, 6.45) is -1.16. The molecule has 9 nitrogen and oxygen atoms in total. The van der Waals surface area contributed by atoms with Crippen LogP contribution in [0.4, 0.5) is 23.8 Å². The summed E-state index contributed by atoms with van der Waals surface area (Å²) in [5, 5.41) is 9.80. The molecule has 1 aromatic carbocycles. The van der Waals surface area contributed by atoms with Crippen molar-refractivity contribution in [3.05, 3.63) is 22.7 Å². The summed E-state index contributed by atoms with van der Waals surface area (Å²) in [4.78, 5) is 26.2. The number of hydrogen-bond donors (Lipinski definition) is 1. The molecule has 3 aliphatic heterocycles. The van der Waals surface area contributed by atoms with Gasteiger partial charge < -0.3 is 29.3 Å². The van der Waals surface area contributed by atoms with Crippen molar-refractivity contribution < 1.29 is 32.5 Å². The largest absolute Gasteiger partial charge is 0.481 e. The van der Waals surface area contributed by atoms with Gasteiger partial charge in [0.15, 0.2) is 12.4 Å². The van der Waals surface area contributed by atoms with Crippen molar-refractivity contribution in [1.29, 1.82) is 0 Å². The molecule has 206 valence electrons. The van der Waals surface area contributed by atoms with Gasteiger partial charge in [0.05, 0.1) is 4.47 Å². The number of aromatic nitrogens is 2. The smallest absolute Gasteiger partial charge is 0.422 e. The molecule has 3 aliphatic rings. The predicted octanol–water partition coefficient (Wildman–Crippen LogP) is 4.64. The lowest BCUT2D eigenvalue weighted by atomic mass is 9.79. The van der Waals surface area contributed by atoms with Crippen LogP contribution in [0, 0.1) is 5.41 Å². The molecule has 1 N–H and O–H groups in total. The lowest BCUT2D eigenvalue weighted by molar-refractivity contribution is -0.153. The summed E-state index contributed by atoms with van der Waals surface area (Å²) in [5.74, 6) is 0.457. The van der Waals surface area contributed by atoms with E-state index >= 15 is 0 Å². The van der Waals surface area contributed by atoms with Gasteiger partial charge in [-0.25, -0.2) is 4.79 Å². The summed E-state index contributed by atoms with van der Waals surface area (Å²) in [6.45, 7) is 5.67. The first-order chi connectivity index (χ1) is 18.0. The van der Waals surface area contributed by atoms with E-state index in [1.165, 1.54) is 11.0 Å². The van der Waals surface area contributed by atoms with Crippen LogP contribution in [0.2, 0.25) is 0 Å². The summed E-state index contributed by atoms with van der Waals surface area (Å²) in [5.41, 5.74) is 0.554. The average Bonchev–Trinajstić information content (AvgIpc) is 3.46. The highest BCUT2D eigenvalue weighted by atomic mass is 79.9. The zero-order valence-corrected chi connectivity index (χ0v) is 22.5. The Hall–Kier alpha value is -2.80. The van der Waals surface area contributed by atoms with Crippen molar-refractivity contribution in [2.75, 3.05) is 57.9 Å². The van der Waals surface area contributed by atoms with Crippen molar-refractivity contribution in [2.45, 2.75) is 31.5 Å². The lowest BCUT2D eigenvalue weighted by Crippen LogP contribution is -2.59. The quantitative estimate of drug-likeness (QED) is 0.492. The van der Waals surface area contributed by atoms with E-state index in [9.17, 15) is 23.1 Å². The molecule has 1 spiro atoms. The van der Waals surface area contributed by atoms with Gasteiger partial charge in [-0.05, 0) is 60.4 Å². The van der Waals surface area contributed by atoms with Gasteiger partial charge in [0, 0.05) is 43.0 Å². The minimum absolute atomic E-state index is 0.0594. The van der Waals surface area contributed by atoms with E-state index in [2.05, 4.69) is 32.4 Å².